The number of phenolic OH excluding ortho intramolecular Hbond substituents is 1. The molecule has 0 aliphatic heterocycles. The van der Waals surface area contributed by atoms with Gasteiger partial charge < -0.3 is 10.8 Å². The molecular formula is C11H14ClNO. The van der Waals surface area contributed by atoms with Crippen LogP contribution in [0, 0.1) is 6.92 Å². The van der Waals surface area contributed by atoms with Gasteiger partial charge >= 0.3 is 0 Å². The van der Waals surface area contributed by atoms with Gasteiger partial charge in [-0.1, -0.05) is 23.8 Å². The summed E-state index contributed by atoms with van der Waals surface area (Å²) in [6, 6.07) is 3.47. The number of phenols is 1. The minimum absolute atomic E-state index is 0.280. The van der Waals surface area contributed by atoms with Gasteiger partial charge in [-0.05, 0) is 37.6 Å². The van der Waals surface area contributed by atoms with E-state index in [0.29, 0.717) is 11.6 Å². The van der Waals surface area contributed by atoms with Crippen LogP contribution in [0.1, 0.15) is 17.5 Å². The third-order valence-electron chi connectivity index (χ3n) is 1.93. The van der Waals surface area contributed by atoms with Gasteiger partial charge in [0.2, 0.25) is 0 Å². The van der Waals surface area contributed by atoms with Crippen LogP contribution in [0.2, 0.25) is 5.02 Å². The van der Waals surface area contributed by atoms with Gasteiger partial charge in [0.15, 0.2) is 0 Å². The molecule has 1 rings (SSSR count). The largest absolute Gasteiger partial charge is 0.507 e. The SMILES string of the molecule is Cc1cc(Cl)cc(C=CCCN)c1O. The number of aromatic hydroxyl groups is 1. The van der Waals surface area contributed by atoms with Gasteiger partial charge in [0, 0.05) is 10.6 Å². The van der Waals surface area contributed by atoms with E-state index < -0.39 is 0 Å². The minimum atomic E-state index is 0.280. The maximum Gasteiger partial charge on any atom is 0.125 e. The fraction of sp³-hybridized carbons (Fsp3) is 0.273. The van der Waals surface area contributed by atoms with E-state index >= 15 is 0 Å². The summed E-state index contributed by atoms with van der Waals surface area (Å²) in [6.45, 7) is 2.43. The molecule has 0 aromatic heterocycles. The quantitative estimate of drug-likeness (QED) is 0.808. The van der Waals surface area contributed by atoms with Crippen molar-refractivity contribution < 1.29 is 5.11 Å². The molecule has 1 aromatic carbocycles. The number of aryl methyl sites for hydroxylation is 1. The van der Waals surface area contributed by atoms with Crippen molar-refractivity contribution >= 4 is 17.7 Å². The second kappa shape index (κ2) is 5.03. The number of hydrogen-bond acceptors (Lipinski definition) is 2. The maximum atomic E-state index is 9.68. The second-order valence-electron chi connectivity index (χ2n) is 3.14. The fourth-order valence-corrected chi connectivity index (χ4v) is 1.48. The van der Waals surface area contributed by atoms with Crippen LogP contribution in [-0.2, 0) is 0 Å². The molecule has 1 aromatic rings. The molecule has 0 spiro atoms. The Kier molecular flexibility index (Phi) is 3.98. The van der Waals surface area contributed by atoms with E-state index in [1.807, 2.05) is 19.1 Å². The molecule has 0 radical (unpaired) electrons. The molecule has 76 valence electrons. The maximum absolute atomic E-state index is 9.68. The van der Waals surface area contributed by atoms with E-state index in [1.54, 1.807) is 12.1 Å². The van der Waals surface area contributed by atoms with E-state index in [9.17, 15) is 5.11 Å². The van der Waals surface area contributed by atoms with Crippen LogP contribution in [0.15, 0.2) is 18.2 Å². The lowest BCUT2D eigenvalue weighted by molar-refractivity contribution is 0.470. The molecule has 14 heavy (non-hydrogen) atoms. The Hall–Kier alpha value is -0.990. The number of nitrogens with two attached hydrogens (primary N) is 1. The summed E-state index contributed by atoms with van der Waals surface area (Å²) in [4.78, 5) is 0. The zero-order valence-electron chi connectivity index (χ0n) is 8.13. The number of benzene rings is 1. The van der Waals surface area contributed by atoms with Crippen LogP contribution in [-0.4, -0.2) is 11.7 Å². The van der Waals surface area contributed by atoms with Crippen LogP contribution in [0.5, 0.6) is 5.75 Å². The molecule has 0 saturated carbocycles. The van der Waals surface area contributed by atoms with Gasteiger partial charge in [-0.2, -0.15) is 0 Å². The monoisotopic (exact) mass is 211 g/mol. The average Bonchev–Trinajstić information content (AvgIpc) is 2.13. The molecule has 0 heterocycles. The van der Waals surface area contributed by atoms with E-state index in [0.717, 1.165) is 17.5 Å². The van der Waals surface area contributed by atoms with Crippen molar-refractivity contribution in [2.45, 2.75) is 13.3 Å². The van der Waals surface area contributed by atoms with Gasteiger partial charge in [-0.15, -0.1) is 0 Å². The Balaban J connectivity index is 2.96. The second-order valence-corrected chi connectivity index (χ2v) is 3.58. The fourth-order valence-electron chi connectivity index (χ4n) is 1.20. The van der Waals surface area contributed by atoms with E-state index in [2.05, 4.69) is 0 Å². The molecule has 3 heteroatoms. The standard InChI is InChI=1S/C11H14ClNO/c1-8-6-10(12)7-9(11(8)14)4-2-3-5-13/h2,4,6-7,14H,3,5,13H2,1H3. The highest BCUT2D eigenvalue weighted by Crippen LogP contribution is 2.27. The summed E-state index contributed by atoms with van der Waals surface area (Å²) >= 11 is 5.87. The summed E-state index contributed by atoms with van der Waals surface area (Å²) in [5.74, 6) is 0.280. The zero-order chi connectivity index (χ0) is 10.6. The van der Waals surface area contributed by atoms with Crippen molar-refractivity contribution in [1.82, 2.24) is 0 Å². The Morgan fingerprint density at radius 3 is 2.86 bits per heavy atom. The van der Waals surface area contributed by atoms with E-state index in [1.165, 1.54) is 0 Å². The van der Waals surface area contributed by atoms with Crippen molar-refractivity contribution in [2.24, 2.45) is 5.73 Å². The molecular weight excluding hydrogens is 198 g/mol. The van der Waals surface area contributed by atoms with Crippen molar-refractivity contribution in [2.75, 3.05) is 6.54 Å². The third-order valence-corrected chi connectivity index (χ3v) is 2.14. The highest BCUT2D eigenvalue weighted by atomic mass is 35.5. The van der Waals surface area contributed by atoms with Gasteiger partial charge in [0.05, 0.1) is 0 Å². The summed E-state index contributed by atoms with van der Waals surface area (Å²) in [6.07, 6.45) is 4.55. The topological polar surface area (TPSA) is 46.2 Å². The van der Waals surface area contributed by atoms with E-state index in [4.69, 9.17) is 17.3 Å². The molecule has 2 nitrogen and oxygen atoms in total. The Morgan fingerprint density at radius 1 is 1.50 bits per heavy atom. The predicted molar refractivity (Wildman–Crippen MR) is 60.6 cm³/mol. The van der Waals surface area contributed by atoms with Gasteiger partial charge in [-0.25, -0.2) is 0 Å². The molecule has 0 unspecified atom stereocenters. The molecule has 0 saturated heterocycles. The van der Waals surface area contributed by atoms with Crippen molar-refractivity contribution in [3.05, 3.63) is 34.4 Å². The van der Waals surface area contributed by atoms with Crippen LogP contribution >= 0.6 is 11.6 Å². The minimum Gasteiger partial charge on any atom is -0.507 e. The lowest BCUT2D eigenvalue weighted by atomic mass is 10.1. The van der Waals surface area contributed by atoms with Crippen LogP contribution in [0.3, 0.4) is 0 Å². The molecule has 0 amide bonds. The Bertz CT molecular complexity index is 347. The summed E-state index contributed by atoms with van der Waals surface area (Å²) in [5, 5.41) is 10.3. The van der Waals surface area contributed by atoms with Gasteiger partial charge in [0.1, 0.15) is 5.75 Å². The Labute approximate surface area is 89.0 Å². The van der Waals surface area contributed by atoms with Gasteiger partial charge in [0.25, 0.3) is 0 Å². The first-order valence-electron chi connectivity index (χ1n) is 4.51. The van der Waals surface area contributed by atoms with Crippen molar-refractivity contribution in [1.29, 1.82) is 0 Å². The average molecular weight is 212 g/mol. The first-order valence-corrected chi connectivity index (χ1v) is 4.88. The number of halogens is 1. The predicted octanol–water partition coefficient (Wildman–Crippen LogP) is 2.72. The molecule has 3 N–H and O–H groups in total. The first kappa shape index (κ1) is 11.1. The number of hydrogen-bond donors (Lipinski definition) is 2. The molecule has 0 atom stereocenters. The van der Waals surface area contributed by atoms with Crippen LogP contribution in [0.25, 0.3) is 6.08 Å². The van der Waals surface area contributed by atoms with Crippen LogP contribution < -0.4 is 5.73 Å². The first-order chi connectivity index (χ1) is 6.65. The smallest absolute Gasteiger partial charge is 0.125 e. The van der Waals surface area contributed by atoms with Crippen LogP contribution in [0.4, 0.5) is 0 Å². The Morgan fingerprint density at radius 2 is 2.21 bits per heavy atom. The molecule has 0 aliphatic rings. The van der Waals surface area contributed by atoms with Crippen molar-refractivity contribution in [3.8, 4) is 5.75 Å². The third kappa shape index (κ3) is 2.76. The lowest BCUT2D eigenvalue weighted by Crippen LogP contribution is -1.95. The number of rotatable bonds is 3. The zero-order valence-corrected chi connectivity index (χ0v) is 8.88. The molecule has 0 fully saturated rings. The molecule has 0 aliphatic carbocycles. The van der Waals surface area contributed by atoms with E-state index in [-0.39, 0.29) is 5.75 Å². The highest BCUT2D eigenvalue weighted by Gasteiger charge is 2.02. The highest BCUT2D eigenvalue weighted by molar-refractivity contribution is 6.30. The van der Waals surface area contributed by atoms with Gasteiger partial charge in [-0.3, -0.25) is 0 Å². The summed E-state index contributed by atoms with van der Waals surface area (Å²) in [5.41, 5.74) is 6.87. The lowest BCUT2D eigenvalue weighted by Gasteiger charge is -2.03. The molecule has 0 bridgehead atoms. The normalized spacial score (nSPS) is 11.1. The summed E-state index contributed by atoms with van der Waals surface area (Å²) in [7, 11) is 0. The van der Waals surface area contributed by atoms with Crippen molar-refractivity contribution in [3.63, 3.8) is 0 Å². The summed E-state index contributed by atoms with van der Waals surface area (Å²) < 4.78 is 0.